The molecule has 5 nitrogen and oxygen atoms in total. The molecule has 1 atom stereocenters. The number of carbonyl (C=O) groups is 2. The Morgan fingerprint density at radius 1 is 0.893 bits per heavy atom. The summed E-state index contributed by atoms with van der Waals surface area (Å²) in [6.45, 7) is 0. The van der Waals surface area contributed by atoms with E-state index in [0.717, 1.165) is 5.56 Å². The Labute approximate surface area is 163 Å². The molecule has 3 aromatic carbocycles. The molecule has 1 unspecified atom stereocenters. The molecular weight excluding hydrogens is 352 g/mol. The molecule has 0 aliphatic carbocycles. The van der Waals surface area contributed by atoms with Crippen LogP contribution in [0.3, 0.4) is 0 Å². The van der Waals surface area contributed by atoms with Gasteiger partial charge in [0.25, 0.3) is 5.91 Å². The van der Waals surface area contributed by atoms with Gasteiger partial charge in [-0.05, 0) is 42.0 Å². The van der Waals surface area contributed by atoms with Crippen molar-refractivity contribution < 1.29 is 14.3 Å². The summed E-state index contributed by atoms with van der Waals surface area (Å²) in [4.78, 5) is 25.0. The van der Waals surface area contributed by atoms with E-state index in [-0.39, 0.29) is 12.3 Å². The molecule has 138 valence electrons. The lowest BCUT2D eigenvalue weighted by Crippen LogP contribution is -2.31. The smallest absolute Gasteiger partial charge is 0.313 e. The Hall–Kier alpha value is -3.91. The highest BCUT2D eigenvalue weighted by molar-refractivity contribution is 5.94. The fourth-order valence-electron chi connectivity index (χ4n) is 2.71. The summed E-state index contributed by atoms with van der Waals surface area (Å²) >= 11 is 0. The van der Waals surface area contributed by atoms with Gasteiger partial charge in [-0.25, -0.2) is 0 Å². The molecule has 0 spiro atoms. The normalized spacial score (nSPS) is 11.1. The number of hydrogen-bond acceptors (Lipinski definition) is 4. The van der Waals surface area contributed by atoms with Gasteiger partial charge >= 0.3 is 5.97 Å². The minimum Gasteiger partial charge on any atom is -0.426 e. The average molecular weight is 370 g/mol. The number of amides is 1. The summed E-state index contributed by atoms with van der Waals surface area (Å²) in [6.07, 6.45) is -0.0252. The predicted octanol–water partition coefficient (Wildman–Crippen LogP) is 4.03. The highest BCUT2D eigenvalue weighted by Gasteiger charge is 2.20. The summed E-state index contributed by atoms with van der Waals surface area (Å²) < 4.78 is 5.35. The molecule has 0 aliphatic heterocycles. The quantitative estimate of drug-likeness (QED) is 0.525. The van der Waals surface area contributed by atoms with E-state index in [9.17, 15) is 9.59 Å². The molecule has 0 heterocycles. The van der Waals surface area contributed by atoms with E-state index >= 15 is 0 Å². The van der Waals surface area contributed by atoms with Crippen LogP contribution < -0.4 is 10.1 Å². The van der Waals surface area contributed by atoms with Crippen molar-refractivity contribution in [1.29, 1.82) is 5.26 Å². The largest absolute Gasteiger partial charge is 0.426 e. The average Bonchev–Trinajstić information content (AvgIpc) is 2.75. The molecule has 0 fully saturated rings. The first kappa shape index (κ1) is 18.9. The highest BCUT2D eigenvalue weighted by Crippen LogP contribution is 2.20. The Bertz CT molecular complexity index is 978. The molecule has 1 N–H and O–H groups in total. The van der Waals surface area contributed by atoms with Crippen molar-refractivity contribution in [3.05, 3.63) is 102 Å². The van der Waals surface area contributed by atoms with Gasteiger partial charge in [0.05, 0.1) is 24.1 Å². The number of carbonyl (C=O) groups excluding carboxylic acids is 2. The summed E-state index contributed by atoms with van der Waals surface area (Å²) in [5.74, 6) is -0.391. The van der Waals surface area contributed by atoms with Gasteiger partial charge < -0.3 is 10.1 Å². The number of ether oxygens (including phenoxy) is 1. The van der Waals surface area contributed by atoms with E-state index < -0.39 is 12.0 Å². The summed E-state index contributed by atoms with van der Waals surface area (Å²) in [7, 11) is 0. The number of nitriles is 1. The third-order valence-electron chi connectivity index (χ3n) is 4.13. The van der Waals surface area contributed by atoms with Crippen molar-refractivity contribution in [1.82, 2.24) is 5.32 Å². The van der Waals surface area contributed by atoms with Gasteiger partial charge in [-0.15, -0.1) is 0 Å². The third-order valence-corrected chi connectivity index (χ3v) is 4.13. The van der Waals surface area contributed by atoms with E-state index in [1.165, 1.54) is 0 Å². The van der Waals surface area contributed by atoms with Crippen molar-refractivity contribution in [3.8, 4) is 11.8 Å². The second-order valence-electron chi connectivity index (χ2n) is 6.12. The first-order valence-corrected chi connectivity index (χ1v) is 8.77. The maximum atomic E-state index is 12.5. The molecule has 5 heteroatoms. The predicted molar refractivity (Wildman–Crippen MR) is 105 cm³/mol. The molecule has 3 rings (SSSR count). The van der Waals surface area contributed by atoms with Crippen molar-refractivity contribution in [2.45, 2.75) is 12.5 Å². The van der Waals surface area contributed by atoms with Crippen LogP contribution in [-0.2, 0) is 4.79 Å². The van der Waals surface area contributed by atoms with Gasteiger partial charge in [0.15, 0.2) is 0 Å². The Morgan fingerprint density at radius 2 is 1.50 bits per heavy atom. The van der Waals surface area contributed by atoms with Gasteiger partial charge in [0.1, 0.15) is 5.75 Å². The Morgan fingerprint density at radius 3 is 2.11 bits per heavy atom. The maximum Gasteiger partial charge on any atom is 0.313 e. The Balaban J connectivity index is 1.72. The van der Waals surface area contributed by atoms with E-state index in [4.69, 9.17) is 10.00 Å². The van der Waals surface area contributed by atoms with Crippen LogP contribution in [0.15, 0.2) is 84.9 Å². The fraction of sp³-hybridized carbons (Fsp3) is 0.0870. The summed E-state index contributed by atoms with van der Waals surface area (Å²) in [5.41, 5.74) is 1.81. The molecule has 0 aliphatic rings. The number of rotatable bonds is 6. The molecule has 28 heavy (non-hydrogen) atoms. The highest BCUT2D eigenvalue weighted by atomic mass is 16.5. The minimum absolute atomic E-state index is 0.0252. The van der Waals surface area contributed by atoms with Gasteiger partial charge in [-0.1, -0.05) is 48.5 Å². The number of benzene rings is 3. The SMILES string of the molecule is N#Cc1ccc(OC(=O)CC(NC(=O)c2ccccc2)c2ccccc2)cc1. The lowest BCUT2D eigenvalue weighted by Gasteiger charge is -2.18. The van der Waals surface area contributed by atoms with Crippen LogP contribution in [0.4, 0.5) is 0 Å². The van der Waals surface area contributed by atoms with Crippen LogP contribution in [0.2, 0.25) is 0 Å². The minimum atomic E-state index is -0.528. The first-order valence-electron chi connectivity index (χ1n) is 8.77. The number of hydrogen-bond donors (Lipinski definition) is 1. The van der Waals surface area contributed by atoms with Crippen molar-refractivity contribution in [2.75, 3.05) is 0 Å². The zero-order valence-corrected chi connectivity index (χ0v) is 15.0. The Kier molecular flexibility index (Phi) is 6.17. The molecule has 3 aromatic rings. The standard InChI is InChI=1S/C23H18N2O3/c24-16-17-11-13-20(14-12-17)28-22(26)15-21(18-7-3-1-4-8-18)25-23(27)19-9-5-2-6-10-19/h1-14,21H,15H2,(H,25,27). The molecular formula is C23H18N2O3. The van der Waals surface area contributed by atoms with Gasteiger partial charge in [-0.3, -0.25) is 9.59 Å². The van der Waals surface area contributed by atoms with Gasteiger partial charge in [0.2, 0.25) is 0 Å². The summed E-state index contributed by atoms with van der Waals surface area (Å²) in [6, 6.07) is 25.9. The first-order chi connectivity index (χ1) is 13.7. The zero-order chi connectivity index (χ0) is 19.8. The topological polar surface area (TPSA) is 79.2 Å². The second-order valence-corrected chi connectivity index (χ2v) is 6.12. The van der Waals surface area contributed by atoms with Crippen LogP contribution >= 0.6 is 0 Å². The molecule has 0 aromatic heterocycles. The van der Waals surface area contributed by atoms with E-state index in [1.54, 1.807) is 48.5 Å². The molecule has 0 bridgehead atoms. The van der Waals surface area contributed by atoms with Crippen molar-refractivity contribution in [3.63, 3.8) is 0 Å². The van der Waals surface area contributed by atoms with E-state index in [1.807, 2.05) is 42.5 Å². The maximum absolute atomic E-state index is 12.5. The molecule has 0 radical (unpaired) electrons. The van der Waals surface area contributed by atoms with Crippen LogP contribution in [0, 0.1) is 11.3 Å². The van der Waals surface area contributed by atoms with E-state index in [2.05, 4.69) is 5.32 Å². The fourth-order valence-corrected chi connectivity index (χ4v) is 2.71. The van der Waals surface area contributed by atoms with Crippen molar-refractivity contribution >= 4 is 11.9 Å². The molecule has 0 saturated heterocycles. The lowest BCUT2D eigenvalue weighted by atomic mass is 10.0. The number of esters is 1. The van der Waals surface area contributed by atoms with Crippen LogP contribution in [0.1, 0.15) is 33.9 Å². The third kappa shape index (κ3) is 5.05. The van der Waals surface area contributed by atoms with Crippen LogP contribution in [0.25, 0.3) is 0 Å². The zero-order valence-electron chi connectivity index (χ0n) is 15.0. The van der Waals surface area contributed by atoms with Crippen LogP contribution in [0.5, 0.6) is 5.75 Å². The number of nitrogens with one attached hydrogen (secondary N) is 1. The van der Waals surface area contributed by atoms with Crippen molar-refractivity contribution in [2.24, 2.45) is 0 Å². The van der Waals surface area contributed by atoms with Gasteiger partial charge in [0, 0.05) is 5.56 Å². The molecule has 0 saturated carbocycles. The monoisotopic (exact) mass is 370 g/mol. The summed E-state index contributed by atoms with van der Waals surface area (Å²) in [5, 5.41) is 11.7. The number of nitrogens with zero attached hydrogens (tertiary/aromatic N) is 1. The molecule has 1 amide bonds. The second kappa shape index (κ2) is 9.15. The van der Waals surface area contributed by atoms with E-state index in [0.29, 0.717) is 16.9 Å². The lowest BCUT2D eigenvalue weighted by molar-refractivity contribution is -0.134. The van der Waals surface area contributed by atoms with Gasteiger partial charge in [-0.2, -0.15) is 5.26 Å². The van der Waals surface area contributed by atoms with Crippen LogP contribution in [-0.4, -0.2) is 11.9 Å².